The Morgan fingerprint density at radius 2 is 2.47 bits per heavy atom. The molecule has 0 spiro atoms. The van der Waals surface area contributed by atoms with Gasteiger partial charge in [0.15, 0.2) is 0 Å². The maximum Gasteiger partial charge on any atom is 0.237 e. The van der Waals surface area contributed by atoms with E-state index in [1.807, 2.05) is 0 Å². The van der Waals surface area contributed by atoms with Gasteiger partial charge in [0.1, 0.15) is 0 Å². The van der Waals surface area contributed by atoms with Gasteiger partial charge in [-0.3, -0.25) is 4.79 Å². The van der Waals surface area contributed by atoms with Crippen molar-refractivity contribution in [2.75, 3.05) is 33.4 Å². The van der Waals surface area contributed by atoms with Gasteiger partial charge in [-0.25, -0.2) is 0 Å². The Balaban J connectivity index is 1.60. The number of methoxy groups -OCH3 is 1. The molecule has 1 amide bonds. The lowest BCUT2D eigenvalue weighted by atomic mass is 10.1. The zero-order valence-corrected chi connectivity index (χ0v) is 10.4. The second kappa shape index (κ2) is 6.33. The maximum absolute atomic E-state index is 11.8. The van der Waals surface area contributed by atoms with Crippen molar-refractivity contribution in [3.05, 3.63) is 0 Å². The Kier molecular flexibility index (Phi) is 4.76. The summed E-state index contributed by atoms with van der Waals surface area (Å²) in [7, 11) is 1.69. The van der Waals surface area contributed by atoms with Crippen LogP contribution < -0.4 is 10.6 Å². The lowest BCUT2D eigenvalue weighted by Crippen LogP contribution is -2.41. The number of amides is 1. The molecule has 2 saturated heterocycles. The van der Waals surface area contributed by atoms with Crippen LogP contribution in [0.1, 0.15) is 19.3 Å². The van der Waals surface area contributed by atoms with Crippen LogP contribution in [0.15, 0.2) is 0 Å². The maximum atomic E-state index is 11.8. The Morgan fingerprint density at radius 3 is 3.12 bits per heavy atom. The lowest BCUT2D eigenvalue weighted by Gasteiger charge is -2.12. The average molecular weight is 242 g/mol. The van der Waals surface area contributed by atoms with Crippen LogP contribution in [0.2, 0.25) is 0 Å². The van der Waals surface area contributed by atoms with Crippen molar-refractivity contribution in [2.24, 2.45) is 5.92 Å². The van der Waals surface area contributed by atoms with Crippen LogP contribution in [0.5, 0.6) is 0 Å². The van der Waals surface area contributed by atoms with Crippen molar-refractivity contribution in [1.82, 2.24) is 10.6 Å². The van der Waals surface area contributed by atoms with Crippen LogP contribution in [0, 0.1) is 5.92 Å². The molecule has 0 radical (unpaired) electrons. The average Bonchev–Trinajstić information content (AvgIpc) is 2.99. The van der Waals surface area contributed by atoms with E-state index >= 15 is 0 Å². The molecule has 2 rings (SSSR count). The van der Waals surface area contributed by atoms with E-state index in [4.69, 9.17) is 9.47 Å². The summed E-state index contributed by atoms with van der Waals surface area (Å²) in [5, 5.41) is 6.16. The first kappa shape index (κ1) is 12.8. The quantitative estimate of drug-likeness (QED) is 0.707. The molecule has 5 nitrogen and oxygen atoms in total. The number of hydrogen-bond donors (Lipinski definition) is 2. The molecule has 2 N–H and O–H groups in total. The highest BCUT2D eigenvalue weighted by Crippen LogP contribution is 2.15. The van der Waals surface area contributed by atoms with Gasteiger partial charge in [-0.2, -0.15) is 0 Å². The summed E-state index contributed by atoms with van der Waals surface area (Å²) >= 11 is 0. The highest BCUT2D eigenvalue weighted by atomic mass is 16.5. The van der Waals surface area contributed by atoms with Crippen molar-refractivity contribution in [3.8, 4) is 0 Å². The fourth-order valence-electron chi connectivity index (χ4n) is 2.42. The Morgan fingerprint density at radius 1 is 1.59 bits per heavy atom. The minimum absolute atomic E-state index is 0.0835. The van der Waals surface area contributed by atoms with Crippen LogP contribution in [0.4, 0.5) is 0 Å². The fourth-order valence-corrected chi connectivity index (χ4v) is 2.42. The van der Waals surface area contributed by atoms with Gasteiger partial charge < -0.3 is 20.1 Å². The van der Waals surface area contributed by atoms with Crippen molar-refractivity contribution < 1.29 is 14.3 Å². The van der Waals surface area contributed by atoms with Crippen molar-refractivity contribution in [2.45, 2.75) is 31.4 Å². The largest absolute Gasteiger partial charge is 0.381 e. The van der Waals surface area contributed by atoms with Crippen LogP contribution in [-0.4, -0.2) is 51.5 Å². The second-order valence-electron chi connectivity index (χ2n) is 4.86. The third-order valence-electron chi connectivity index (χ3n) is 3.62. The fraction of sp³-hybridized carbons (Fsp3) is 0.917. The van der Waals surface area contributed by atoms with E-state index in [1.54, 1.807) is 7.11 Å². The molecule has 98 valence electrons. The van der Waals surface area contributed by atoms with Gasteiger partial charge in [-0.1, -0.05) is 0 Å². The molecule has 0 aromatic heterocycles. The molecular weight excluding hydrogens is 220 g/mol. The molecular formula is C12H22N2O3. The normalized spacial score (nSPS) is 32.9. The van der Waals surface area contributed by atoms with E-state index in [-0.39, 0.29) is 18.1 Å². The molecule has 2 aliphatic heterocycles. The first-order valence-corrected chi connectivity index (χ1v) is 6.41. The molecule has 3 atom stereocenters. The summed E-state index contributed by atoms with van der Waals surface area (Å²) in [6.07, 6.45) is 3.10. The number of rotatable bonds is 5. The van der Waals surface area contributed by atoms with E-state index in [2.05, 4.69) is 10.6 Å². The molecule has 2 heterocycles. The van der Waals surface area contributed by atoms with E-state index in [0.717, 1.165) is 45.6 Å². The number of carbonyl (C=O) groups excluding carboxylic acids is 1. The number of ether oxygens (including phenoxy) is 2. The standard InChI is InChI=1S/C12H22N2O3/c1-16-10-6-11(14-7-10)12(15)13-4-2-9-3-5-17-8-9/h9-11,14H,2-8H2,1H3,(H,13,15). The smallest absolute Gasteiger partial charge is 0.237 e. The van der Waals surface area contributed by atoms with E-state index in [0.29, 0.717) is 5.92 Å². The topological polar surface area (TPSA) is 59.6 Å². The van der Waals surface area contributed by atoms with Gasteiger partial charge in [0.05, 0.1) is 12.1 Å². The molecule has 3 unspecified atom stereocenters. The Hall–Kier alpha value is -0.650. The molecule has 2 aliphatic rings. The summed E-state index contributed by atoms with van der Waals surface area (Å²) in [6.45, 7) is 3.25. The number of hydrogen-bond acceptors (Lipinski definition) is 4. The summed E-state index contributed by atoms with van der Waals surface area (Å²) < 4.78 is 10.5. The summed E-state index contributed by atoms with van der Waals surface area (Å²) in [5.41, 5.74) is 0. The predicted octanol–water partition coefficient (Wildman–Crippen LogP) is -0.0939. The van der Waals surface area contributed by atoms with Crippen molar-refractivity contribution in [1.29, 1.82) is 0 Å². The molecule has 2 fully saturated rings. The van der Waals surface area contributed by atoms with Gasteiger partial charge in [-0.05, 0) is 25.2 Å². The Bertz CT molecular complexity index is 254. The minimum Gasteiger partial charge on any atom is -0.381 e. The van der Waals surface area contributed by atoms with E-state index in [9.17, 15) is 4.79 Å². The zero-order valence-electron chi connectivity index (χ0n) is 10.4. The van der Waals surface area contributed by atoms with E-state index < -0.39 is 0 Å². The molecule has 17 heavy (non-hydrogen) atoms. The summed E-state index contributed by atoms with van der Waals surface area (Å²) in [6, 6.07) is -0.0835. The molecule has 0 aromatic rings. The van der Waals surface area contributed by atoms with Crippen molar-refractivity contribution in [3.63, 3.8) is 0 Å². The highest BCUT2D eigenvalue weighted by Gasteiger charge is 2.29. The first-order chi connectivity index (χ1) is 8.29. The summed E-state index contributed by atoms with van der Waals surface area (Å²) in [5.74, 6) is 0.724. The van der Waals surface area contributed by atoms with E-state index in [1.165, 1.54) is 0 Å². The first-order valence-electron chi connectivity index (χ1n) is 6.41. The monoisotopic (exact) mass is 242 g/mol. The van der Waals surface area contributed by atoms with Crippen LogP contribution in [0.3, 0.4) is 0 Å². The van der Waals surface area contributed by atoms with Crippen LogP contribution in [-0.2, 0) is 14.3 Å². The van der Waals surface area contributed by atoms with Gasteiger partial charge in [0, 0.05) is 33.4 Å². The van der Waals surface area contributed by atoms with Gasteiger partial charge in [0.25, 0.3) is 0 Å². The van der Waals surface area contributed by atoms with Gasteiger partial charge in [-0.15, -0.1) is 0 Å². The van der Waals surface area contributed by atoms with Gasteiger partial charge >= 0.3 is 0 Å². The van der Waals surface area contributed by atoms with Crippen LogP contribution >= 0.6 is 0 Å². The molecule has 5 heteroatoms. The van der Waals surface area contributed by atoms with Crippen LogP contribution in [0.25, 0.3) is 0 Å². The lowest BCUT2D eigenvalue weighted by molar-refractivity contribution is -0.123. The van der Waals surface area contributed by atoms with Crippen molar-refractivity contribution >= 4 is 5.91 Å². The molecule has 0 aromatic carbocycles. The number of carbonyl (C=O) groups is 1. The SMILES string of the molecule is COC1CNC(C(=O)NCCC2CCOC2)C1. The Labute approximate surface area is 102 Å². The third kappa shape index (κ3) is 3.66. The third-order valence-corrected chi connectivity index (χ3v) is 3.62. The molecule has 0 bridgehead atoms. The molecule has 0 saturated carbocycles. The molecule has 0 aliphatic carbocycles. The predicted molar refractivity (Wildman–Crippen MR) is 63.8 cm³/mol. The number of nitrogens with one attached hydrogen (secondary N) is 2. The van der Waals surface area contributed by atoms with Gasteiger partial charge in [0.2, 0.25) is 5.91 Å². The summed E-state index contributed by atoms with van der Waals surface area (Å²) in [4.78, 5) is 11.8. The zero-order chi connectivity index (χ0) is 12.1. The second-order valence-corrected chi connectivity index (χ2v) is 4.86. The highest BCUT2D eigenvalue weighted by molar-refractivity contribution is 5.82. The minimum atomic E-state index is -0.0835.